The zero-order valence-electron chi connectivity index (χ0n) is 13.2. The third-order valence-corrected chi connectivity index (χ3v) is 2.49. The highest BCUT2D eigenvalue weighted by molar-refractivity contribution is 6.02. The Morgan fingerprint density at radius 3 is 2.29 bits per heavy atom. The second-order valence-corrected chi connectivity index (χ2v) is 6.11. The van der Waals surface area contributed by atoms with Crippen LogP contribution in [0.2, 0.25) is 0 Å². The SMILES string of the molecule is CC(C)Oc1cccc(C(C(N)=O)C(=O)OC(C)(C)C)c1. The zero-order chi connectivity index (χ0) is 16.2. The fourth-order valence-corrected chi connectivity index (χ4v) is 1.82. The molecule has 0 radical (unpaired) electrons. The summed E-state index contributed by atoms with van der Waals surface area (Å²) in [6.45, 7) is 9.00. The minimum Gasteiger partial charge on any atom is -0.491 e. The van der Waals surface area contributed by atoms with Gasteiger partial charge in [0.25, 0.3) is 0 Å². The largest absolute Gasteiger partial charge is 0.491 e. The summed E-state index contributed by atoms with van der Waals surface area (Å²) in [5.74, 6) is -1.96. The predicted molar refractivity (Wildman–Crippen MR) is 80.0 cm³/mol. The van der Waals surface area contributed by atoms with Gasteiger partial charge < -0.3 is 15.2 Å². The van der Waals surface area contributed by atoms with Gasteiger partial charge >= 0.3 is 5.97 Å². The van der Waals surface area contributed by atoms with Crippen LogP contribution in [0.25, 0.3) is 0 Å². The molecular weight excluding hydrogens is 270 g/mol. The Hall–Kier alpha value is -2.04. The molecule has 0 fully saturated rings. The Balaban J connectivity index is 3.06. The molecule has 0 aliphatic carbocycles. The van der Waals surface area contributed by atoms with E-state index < -0.39 is 23.4 Å². The molecule has 0 bridgehead atoms. The van der Waals surface area contributed by atoms with E-state index in [1.165, 1.54) is 0 Å². The van der Waals surface area contributed by atoms with Gasteiger partial charge in [-0.05, 0) is 52.3 Å². The monoisotopic (exact) mass is 293 g/mol. The number of esters is 1. The van der Waals surface area contributed by atoms with Gasteiger partial charge in [-0.3, -0.25) is 9.59 Å². The standard InChI is InChI=1S/C16H23NO4/c1-10(2)20-12-8-6-7-11(9-12)13(14(17)18)15(19)21-16(3,4)5/h6-10,13H,1-5H3,(H2,17,18). The molecule has 1 amide bonds. The van der Waals surface area contributed by atoms with Crippen molar-refractivity contribution in [3.05, 3.63) is 29.8 Å². The van der Waals surface area contributed by atoms with E-state index in [2.05, 4.69) is 0 Å². The molecule has 2 N–H and O–H groups in total. The first-order valence-corrected chi connectivity index (χ1v) is 6.89. The smallest absolute Gasteiger partial charge is 0.323 e. The maximum Gasteiger partial charge on any atom is 0.323 e. The Morgan fingerprint density at radius 1 is 1.19 bits per heavy atom. The maximum absolute atomic E-state index is 12.2. The number of carbonyl (C=O) groups is 2. The van der Waals surface area contributed by atoms with Gasteiger partial charge in [0.1, 0.15) is 11.4 Å². The van der Waals surface area contributed by atoms with E-state index in [0.717, 1.165) is 0 Å². The van der Waals surface area contributed by atoms with Gasteiger partial charge in [0.05, 0.1) is 6.10 Å². The Kier molecular flexibility index (Phi) is 5.35. The van der Waals surface area contributed by atoms with Crippen LogP contribution in [0.4, 0.5) is 0 Å². The van der Waals surface area contributed by atoms with Crippen molar-refractivity contribution in [2.45, 2.75) is 52.2 Å². The van der Waals surface area contributed by atoms with Crippen LogP contribution in [-0.2, 0) is 14.3 Å². The van der Waals surface area contributed by atoms with Crippen LogP contribution in [0.5, 0.6) is 5.75 Å². The minimum atomic E-state index is -1.14. The number of carbonyl (C=O) groups excluding carboxylic acids is 2. The van der Waals surface area contributed by atoms with E-state index in [-0.39, 0.29) is 6.10 Å². The van der Waals surface area contributed by atoms with Crippen molar-refractivity contribution in [2.75, 3.05) is 0 Å². The van der Waals surface area contributed by atoms with Gasteiger partial charge in [-0.25, -0.2) is 0 Å². The molecule has 0 spiro atoms. The lowest BCUT2D eigenvalue weighted by Crippen LogP contribution is -2.34. The predicted octanol–water partition coefficient (Wildman–Crippen LogP) is 2.38. The van der Waals surface area contributed by atoms with Crippen LogP contribution >= 0.6 is 0 Å². The molecule has 116 valence electrons. The summed E-state index contributed by atoms with van der Waals surface area (Å²) in [5, 5.41) is 0. The molecule has 5 heteroatoms. The first kappa shape index (κ1) is 17.0. The molecule has 21 heavy (non-hydrogen) atoms. The van der Waals surface area contributed by atoms with Crippen molar-refractivity contribution in [1.29, 1.82) is 0 Å². The van der Waals surface area contributed by atoms with Crippen LogP contribution in [0.15, 0.2) is 24.3 Å². The van der Waals surface area contributed by atoms with E-state index in [9.17, 15) is 9.59 Å². The quantitative estimate of drug-likeness (QED) is 0.668. The van der Waals surface area contributed by atoms with Crippen LogP contribution in [-0.4, -0.2) is 23.6 Å². The van der Waals surface area contributed by atoms with E-state index in [4.69, 9.17) is 15.2 Å². The molecule has 0 saturated carbocycles. The average Bonchev–Trinajstić information content (AvgIpc) is 2.25. The van der Waals surface area contributed by atoms with Gasteiger partial charge in [0, 0.05) is 0 Å². The number of benzene rings is 1. The van der Waals surface area contributed by atoms with Crippen LogP contribution in [0.3, 0.4) is 0 Å². The highest BCUT2D eigenvalue weighted by Crippen LogP contribution is 2.24. The molecule has 0 aliphatic rings. The van der Waals surface area contributed by atoms with E-state index in [0.29, 0.717) is 11.3 Å². The van der Waals surface area contributed by atoms with Gasteiger partial charge in [-0.2, -0.15) is 0 Å². The third kappa shape index (κ3) is 5.45. The van der Waals surface area contributed by atoms with Crippen LogP contribution in [0.1, 0.15) is 46.1 Å². The topological polar surface area (TPSA) is 78.6 Å². The van der Waals surface area contributed by atoms with Crippen LogP contribution < -0.4 is 10.5 Å². The molecule has 1 aromatic rings. The summed E-state index contributed by atoms with van der Waals surface area (Å²) in [6.07, 6.45) is -0.00574. The van der Waals surface area contributed by atoms with E-state index in [1.807, 2.05) is 13.8 Å². The first-order chi connectivity index (χ1) is 9.60. The number of hydrogen-bond acceptors (Lipinski definition) is 4. The van der Waals surface area contributed by atoms with Crippen molar-refractivity contribution in [3.63, 3.8) is 0 Å². The van der Waals surface area contributed by atoms with Gasteiger partial charge in [0.2, 0.25) is 5.91 Å². The van der Waals surface area contributed by atoms with Crippen molar-refractivity contribution >= 4 is 11.9 Å². The average molecular weight is 293 g/mol. The zero-order valence-corrected chi connectivity index (χ0v) is 13.2. The lowest BCUT2D eigenvalue weighted by Gasteiger charge is -2.23. The fourth-order valence-electron chi connectivity index (χ4n) is 1.82. The summed E-state index contributed by atoms with van der Waals surface area (Å²) in [7, 11) is 0. The molecule has 1 atom stereocenters. The number of primary amides is 1. The van der Waals surface area contributed by atoms with Crippen molar-refractivity contribution in [3.8, 4) is 5.75 Å². The minimum absolute atomic E-state index is 0.00574. The molecular formula is C16H23NO4. The second-order valence-electron chi connectivity index (χ2n) is 6.11. The summed E-state index contributed by atoms with van der Waals surface area (Å²) in [6, 6.07) is 6.77. The molecule has 1 aromatic carbocycles. The van der Waals surface area contributed by atoms with E-state index >= 15 is 0 Å². The van der Waals surface area contributed by atoms with Crippen LogP contribution in [0, 0.1) is 0 Å². The summed E-state index contributed by atoms with van der Waals surface area (Å²) in [5.41, 5.74) is 5.14. The first-order valence-electron chi connectivity index (χ1n) is 6.89. The Labute approximate surface area is 125 Å². The highest BCUT2D eigenvalue weighted by Gasteiger charge is 2.31. The molecule has 1 rings (SSSR count). The molecule has 5 nitrogen and oxygen atoms in total. The second kappa shape index (κ2) is 6.61. The molecule has 0 aliphatic heterocycles. The highest BCUT2D eigenvalue weighted by atomic mass is 16.6. The van der Waals surface area contributed by atoms with Gasteiger partial charge in [-0.15, -0.1) is 0 Å². The van der Waals surface area contributed by atoms with E-state index in [1.54, 1.807) is 45.0 Å². The third-order valence-electron chi connectivity index (χ3n) is 2.49. The molecule has 1 unspecified atom stereocenters. The normalized spacial score (nSPS) is 12.9. The lowest BCUT2D eigenvalue weighted by atomic mass is 9.98. The number of amides is 1. The van der Waals surface area contributed by atoms with Crippen molar-refractivity contribution in [2.24, 2.45) is 5.73 Å². The number of hydrogen-bond donors (Lipinski definition) is 1. The van der Waals surface area contributed by atoms with Crippen molar-refractivity contribution < 1.29 is 19.1 Å². The molecule has 0 saturated heterocycles. The maximum atomic E-state index is 12.2. The lowest BCUT2D eigenvalue weighted by molar-refractivity contribution is -0.158. The molecule has 0 heterocycles. The Bertz CT molecular complexity index is 517. The summed E-state index contributed by atoms with van der Waals surface area (Å²) >= 11 is 0. The van der Waals surface area contributed by atoms with Crippen molar-refractivity contribution in [1.82, 2.24) is 0 Å². The fraction of sp³-hybridized carbons (Fsp3) is 0.500. The van der Waals surface area contributed by atoms with Gasteiger partial charge in [-0.1, -0.05) is 12.1 Å². The molecule has 0 aromatic heterocycles. The number of ether oxygens (including phenoxy) is 2. The number of nitrogens with two attached hydrogens (primary N) is 1. The summed E-state index contributed by atoms with van der Waals surface area (Å²) in [4.78, 5) is 23.8. The summed E-state index contributed by atoms with van der Waals surface area (Å²) < 4.78 is 10.8. The number of rotatable bonds is 5. The van der Waals surface area contributed by atoms with Gasteiger partial charge in [0.15, 0.2) is 5.92 Å². The Morgan fingerprint density at radius 2 is 1.81 bits per heavy atom.